The van der Waals surface area contributed by atoms with Gasteiger partial charge < -0.3 is 14.2 Å². The predicted molar refractivity (Wildman–Crippen MR) is 102 cm³/mol. The number of likely N-dealkylation sites (tertiary alicyclic amines) is 1. The van der Waals surface area contributed by atoms with E-state index < -0.39 is 0 Å². The van der Waals surface area contributed by atoms with Gasteiger partial charge in [0.25, 0.3) is 5.91 Å². The molecule has 3 aliphatic rings. The first kappa shape index (κ1) is 16.8. The zero-order chi connectivity index (χ0) is 18.5. The van der Waals surface area contributed by atoms with Crippen molar-refractivity contribution in [3.8, 4) is 0 Å². The van der Waals surface area contributed by atoms with Crippen molar-refractivity contribution in [2.75, 3.05) is 31.1 Å². The van der Waals surface area contributed by atoms with Gasteiger partial charge in [0.1, 0.15) is 23.7 Å². The van der Waals surface area contributed by atoms with Crippen LogP contribution in [0.5, 0.6) is 0 Å². The largest absolute Gasteiger partial charge is 0.466 e. The minimum Gasteiger partial charge on any atom is -0.466 e. The molecule has 27 heavy (non-hydrogen) atoms. The first-order valence-electron chi connectivity index (χ1n) is 10.0. The molecule has 2 saturated heterocycles. The number of anilines is 1. The molecule has 4 heterocycles. The smallest absolute Gasteiger partial charge is 0.257 e. The number of hydrogen-bond acceptors (Lipinski definition) is 5. The van der Waals surface area contributed by atoms with Crippen LogP contribution in [-0.2, 0) is 0 Å². The molecule has 2 unspecified atom stereocenters. The van der Waals surface area contributed by atoms with Gasteiger partial charge >= 0.3 is 0 Å². The molecule has 2 aromatic heterocycles. The highest BCUT2D eigenvalue weighted by Crippen LogP contribution is 2.38. The summed E-state index contributed by atoms with van der Waals surface area (Å²) in [7, 11) is 0. The lowest BCUT2D eigenvalue weighted by molar-refractivity contribution is 0.0781. The maximum atomic E-state index is 12.9. The molecule has 0 N–H and O–H groups in total. The second-order valence-corrected chi connectivity index (χ2v) is 8.39. The molecule has 3 fully saturated rings. The molecule has 6 heteroatoms. The third-order valence-electron chi connectivity index (χ3n) is 6.57. The van der Waals surface area contributed by atoms with Crippen molar-refractivity contribution in [1.29, 1.82) is 0 Å². The van der Waals surface area contributed by atoms with Crippen molar-refractivity contribution in [2.24, 2.45) is 11.8 Å². The quantitative estimate of drug-likeness (QED) is 0.835. The van der Waals surface area contributed by atoms with Crippen LogP contribution >= 0.6 is 0 Å². The number of fused-ring (bicyclic) bond motifs is 1. The van der Waals surface area contributed by atoms with Gasteiger partial charge in [0, 0.05) is 55.7 Å². The Morgan fingerprint density at radius 1 is 1.07 bits per heavy atom. The maximum Gasteiger partial charge on any atom is 0.257 e. The van der Waals surface area contributed by atoms with E-state index in [9.17, 15) is 4.79 Å². The number of aryl methyl sites for hydroxylation is 2. The highest BCUT2D eigenvalue weighted by Gasteiger charge is 2.42. The summed E-state index contributed by atoms with van der Waals surface area (Å²) in [4.78, 5) is 26.3. The monoisotopic (exact) mass is 366 g/mol. The standard InChI is InChI=1S/C21H26N4O2/c1-13-6-18(14(2)27-13)21(26)25-10-16-8-24(9-17(16)11-25)20-7-19(22-12-23-20)15-4-3-5-15/h6-7,12,15-17H,3-5,8-11H2,1-2H3. The fraction of sp³-hybridized carbons (Fsp3) is 0.571. The van der Waals surface area contributed by atoms with Crippen LogP contribution in [-0.4, -0.2) is 47.0 Å². The van der Waals surface area contributed by atoms with Crippen LogP contribution in [0.1, 0.15) is 52.8 Å². The lowest BCUT2D eigenvalue weighted by Crippen LogP contribution is -2.33. The molecule has 6 nitrogen and oxygen atoms in total. The summed E-state index contributed by atoms with van der Waals surface area (Å²) in [6.45, 7) is 7.35. The third kappa shape index (κ3) is 2.91. The van der Waals surface area contributed by atoms with Crippen LogP contribution in [0.4, 0.5) is 5.82 Å². The van der Waals surface area contributed by atoms with E-state index in [1.165, 1.54) is 25.0 Å². The summed E-state index contributed by atoms with van der Waals surface area (Å²) in [6, 6.07) is 4.05. The predicted octanol–water partition coefficient (Wildman–Crippen LogP) is 3.16. The van der Waals surface area contributed by atoms with Gasteiger partial charge in [-0.1, -0.05) is 6.42 Å². The Morgan fingerprint density at radius 3 is 2.41 bits per heavy atom. The van der Waals surface area contributed by atoms with Gasteiger partial charge in [-0.3, -0.25) is 4.79 Å². The van der Waals surface area contributed by atoms with E-state index in [1.807, 2.05) is 24.8 Å². The summed E-state index contributed by atoms with van der Waals surface area (Å²) in [6.07, 6.45) is 5.55. The highest BCUT2D eigenvalue weighted by molar-refractivity contribution is 5.95. The van der Waals surface area contributed by atoms with Crippen LogP contribution < -0.4 is 4.90 Å². The number of aromatic nitrogens is 2. The minimum atomic E-state index is 0.111. The zero-order valence-corrected chi connectivity index (χ0v) is 16.0. The fourth-order valence-electron chi connectivity index (χ4n) is 4.82. The molecule has 0 bridgehead atoms. The Morgan fingerprint density at radius 2 is 1.81 bits per heavy atom. The van der Waals surface area contributed by atoms with Gasteiger partial charge in [-0.2, -0.15) is 0 Å². The van der Waals surface area contributed by atoms with E-state index >= 15 is 0 Å². The topological polar surface area (TPSA) is 62.5 Å². The highest BCUT2D eigenvalue weighted by atomic mass is 16.3. The molecule has 1 aliphatic carbocycles. The lowest BCUT2D eigenvalue weighted by atomic mass is 9.83. The summed E-state index contributed by atoms with van der Waals surface area (Å²) in [5, 5.41) is 0. The number of nitrogens with zero attached hydrogens (tertiary/aromatic N) is 4. The molecule has 2 aliphatic heterocycles. The SMILES string of the molecule is Cc1cc(C(=O)N2CC3CN(c4cc(C5CCC5)ncn4)CC3C2)c(C)o1. The molecule has 0 spiro atoms. The van der Waals surface area contributed by atoms with Crippen LogP contribution in [0.3, 0.4) is 0 Å². The average Bonchev–Trinajstić information content (AvgIpc) is 3.25. The van der Waals surface area contributed by atoms with Crippen molar-refractivity contribution in [3.05, 3.63) is 41.2 Å². The van der Waals surface area contributed by atoms with Gasteiger partial charge in [0.15, 0.2) is 0 Å². The van der Waals surface area contributed by atoms with Crippen LogP contribution in [0.15, 0.2) is 22.9 Å². The Bertz CT molecular complexity index is 859. The summed E-state index contributed by atoms with van der Waals surface area (Å²) in [5.74, 6) is 4.35. The average molecular weight is 366 g/mol. The van der Waals surface area contributed by atoms with E-state index in [0.717, 1.165) is 43.5 Å². The van der Waals surface area contributed by atoms with E-state index in [4.69, 9.17) is 4.42 Å². The van der Waals surface area contributed by atoms with E-state index in [1.54, 1.807) is 6.33 Å². The fourth-order valence-corrected chi connectivity index (χ4v) is 4.82. The van der Waals surface area contributed by atoms with Gasteiger partial charge in [0.2, 0.25) is 0 Å². The van der Waals surface area contributed by atoms with Gasteiger partial charge in [-0.25, -0.2) is 9.97 Å². The number of rotatable bonds is 3. The molecule has 0 radical (unpaired) electrons. The Balaban J connectivity index is 1.26. The molecule has 2 atom stereocenters. The van der Waals surface area contributed by atoms with E-state index in [2.05, 4.69) is 20.9 Å². The molecule has 5 rings (SSSR count). The normalized spacial score (nSPS) is 25.0. The van der Waals surface area contributed by atoms with Crippen molar-refractivity contribution >= 4 is 11.7 Å². The molecular formula is C21H26N4O2. The van der Waals surface area contributed by atoms with E-state index in [-0.39, 0.29) is 5.91 Å². The number of hydrogen-bond donors (Lipinski definition) is 0. The van der Waals surface area contributed by atoms with Gasteiger partial charge in [-0.15, -0.1) is 0 Å². The summed E-state index contributed by atoms with van der Waals surface area (Å²) < 4.78 is 5.54. The number of carbonyl (C=O) groups excluding carboxylic acids is 1. The molecule has 142 valence electrons. The Labute approximate surface area is 159 Å². The third-order valence-corrected chi connectivity index (χ3v) is 6.57. The minimum absolute atomic E-state index is 0.111. The summed E-state index contributed by atoms with van der Waals surface area (Å²) >= 11 is 0. The van der Waals surface area contributed by atoms with Crippen molar-refractivity contribution in [3.63, 3.8) is 0 Å². The van der Waals surface area contributed by atoms with Crippen LogP contribution in [0.25, 0.3) is 0 Å². The Hall–Kier alpha value is -2.37. The van der Waals surface area contributed by atoms with Gasteiger partial charge in [-0.05, 0) is 32.8 Å². The summed E-state index contributed by atoms with van der Waals surface area (Å²) in [5.41, 5.74) is 1.91. The first-order valence-corrected chi connectivity index (χ1v) is 10.0. The molecule has 0 aromatic carbocycles. The molecule has 1 amide bonds. The van der Waals surface area contributed by atoms with Crippen molar-refractivity contribution < 1.29 is 9.21 Å². The number of furan rings is 1. The maximum absolute atomic E-state index is 12.9. The molecule has 1 saturated carbocycles. The first-order chi connectivity index (χ1) is 13.1. The van der Waals surface area contributed by atoms with Crippen molar-refractivity contribution in [2.45, 2.75) is 39.0 Å². The molecule has 2 aromatic rings. The molecular weight excluding hydrogens is 340 g/mol. The number of carbonyl (C=O) groups is 1. The van der Waals surface area contributed by atoms with Crippen molar-refractivity contribution in [1.82, 2.24) is 14.9 Å². The van der Waals surface area contributed by atoms with Crippen LogP contribution in [0, 0.1) is 25.7 Å². The van der Waals surface area contributed by atoms with Gasteiger partial charge in [0.05, 0.1) is 5.56 Å². The zero-order valence-electron chi connectivity index (χ0n) is 16.0. The Kier molecular flexibility index (Phi) is 3.95. The second kappa shape index (κ2) is 6.36. The number of amides is 1. The second-order valence-electron chi connectivity index (χ2n) is 8.39. The van der Waals surface area contributed by atoms with E-state index in [0.29, 0.717) is 23.3 Å². The van der Waals surface area contributed by atoms with Crippen LogP contribution in [0.2, 0.25) is 0 Å². The lowest BCUT2D eigenvalue weighted by Gasteiger charge is -2.26.